The maximum atomic E-state index is 12.4. The predicted molar refractivity (Wildman–Crippen MR) is 115 cm³/mol. The Balaban J connectivity index is 2.00. The van der Waals surface area contributed by atoms with Crippen LogP contribution in [0.3, 0.4) is 0 Å². The standard InChI is InChI=1S/C21H29N3O4S/c1-6-28-19-11-8-17(9-12-19)14-24(5)15-21(25)22-18-10-7-16(2)20(13-18)29(26,27)23(3)4/h7-13H,6,14-15H2,1-5H3,(H,22,25). The zero-order chi connectivity index (χ0) is 21.6. The van der Waals surface area contributed by atoms with Crippen LogP contribution in [-0.2, 0) is 21.4 Å². The van der Waals surface area contributed by atoms with Gasteiger partial charge >= 0.3 is 0 Å². The Hall–Kier alpha value is -2.42. The summed E-state index contributed by atoms with van der Waals surface area (Å²) in [4.78, 5) is 14.5. The third-order valence-electron chi connectivity index (χ3n) is 4.33. The Morgan fingerprint density at radius 3 is 2.31 bits per heavy atom. The molecule has 0 aliphatic carbocycles. The summed E-state index contributed by atoms with van der Waals surface area (Å²) in [7, 11) is 1.24. The molecule has 1 amide bonds. The van der Waals surface area contributed by atoms with Crippen molar-refractivity contribution in [2.75, 3.05) is 39.6 Å². The van der Waals surface area contributed by atoms with Crippen molar-refractivity contribution in [2.24, 2.45) is 0 Å². The van der Waals surface area contributed by atoms with Crippen molar-refractivity contribution in [3.05, 3.63) is 53.6 Å². The number of benzene rings is 2. The van der Waals surface area contributed by atoms with Crippen LogP contribution >= 0.6 is 0 Å². The summed E-state index contributed by atoms with van der Waals surface area (Å²) >= 11 is 0. The van der Waals surface area contributed by atoms with E-state index in [0.717, 1.165) is 15.6 Å². The monoisotopic (exact) mass is 419 g/mol. The van der Waals surface area contributed by atoms with Crippen LogP contribution in [0.4, 0.5) is 5.69 Å². The number of amides is 1. The first-order chi connectivity index (χ1) is 13.6. The van der Waals surface area contributed by atoms with E-state index in [4.69, 9.17) is 4.74 Å². The van der Waals surface area contributed by atoms with Gasteiger partial charge in [-0.05, 0) is 56.3 Å². The minimum Gasteiger partial charge on any atom is -0.494 e. The van der Waals surface area contributed by atoms with E-state index in [-0.39, 0.29) is 17.3 Å². The van der Waals surface area contributed by atoms with Gasteiger partial charge in [0.25, 0.3) is 0 Å². The van der Waals surface area contributed by atoms with Gasteiger partial charge < -0.3 is 10.1 Å². The van der Waals surface area contributed by atoms with Crippen LogP contribution in [0.1, 0.15) is 18.1 Å². The van der Waals surface area contributed by atoms with Gasteiger partial charge in [-0.1, -0.05) is 18.2 Å². The van der Waals surface area contributed by atoms with Crippen molar-refractivity contribution < 1.29 is 17.9 Å². The van der Waals surface area contributed by atoms with Crippen molar-refractivity contribution in [3.8, 4) is 5.75 Å². The average Bonchev–Trinajstić information content (AvgIpc) is 2.64. The number of likely N-dealkylation sites (N-methyl/N-ethyl adjacent to an activating group) is 1. The van der Waals surface area contributed by atoms with Gasteiger partial charge in [0.05, 0.1) is 18.0 Å². The molecule has 0 bridgehead atoms. The van der Waals surface area contributed by atoms with Gasteiger partial charge in [-0.25, -0.2) is 12.7 Å². The number of sulfonamides is 1. The zero-order valence-electron chi connectivity index (χ0n) is 17.6. The summed E-state index contributed by atoms with van der Waals surface area (Å²) in [5.41, 5.74) is 2.15. The highest BCUT2D eigenvalue weighted by Gasteiger charge is 2.20. The number of carbonyl (C=O) groups excluding carboxylic acids is 1. The molecule has 29 heavy (non-hydrogen) atoms. The third-order valence-corrected chi connectivity index (χ3v) is 6.29. The molecule has 0 unspecified atom stereocenters. The Morgan fingerprint density at radius 2 is 1.72 bits per heavy atom. The average molecular weight is 420 g/mol. The van der Waals surface area contributed by atoms with E-state index in [1.807, 2.05) is 43.1 Å². The van der Waals surface area contributed by atoms with Gasteiger partial charge in [-0.2, -0.15) is 0 Å². The molecule has 2 aromatic carbocycles. The Bertz CT molecular complexity index is 941. The molecule has 7 nitrogen and oxygen atoms in total. The molecule has 0 aromatic heterocycles. The van der Waals surface area contributed by atoms with Crippen molar-refractivity contribution in [3.63, 3.8) is 0 Å². The third kappa shape index (κ3) is 6.28. The lowest BCUT2D eigenvalue weighted by Gasteiger charge is -2.18. The predicted octanol–water partition coefficient (Wildman–Crippen LogP) is 2.71. The number of aryl methyl sites for hydroxylation is 1. The summed E-state index contributed by atoms with van der Waals surface area (Å²) in [6.45, 7) is 5.07. The van der Waals surface area contributed by atoms with Gasteiger partial charge in [0.2, 0.25) is 15.9 Å². The molecule has 0 saturated carbocycles. The molecule has 0 fully saturated rings. The highest BCUT2D eigenvalue weighted by molar-refractivity contribution is 7.89. The molecule has 158 valence electrons. The molecule has 0 saturated heterocycles. The van der Waals surface area contributed by atoms with E-state index >= 15 is 0 Å². The Kier molecular flexibility index (Phi) is 7.78. The molecule has 0 radical (unpaired) electrons. The fourth-order valence-electron chi connectivity index (χ4n) is 2.82. The van der Waals surface area contributed by atoms with E-state index in [2.05, 4.69) is 5.32 Å². The van der Waals surface area contributed by atoms with Crippen LogP contribution in [-0.4, -0.2) is 57.8 Å². The smallest absolute Gasteiger partial charge is 0.242 e. The van der Waals surface area contributed by atoms with E-state index < -0.39 is 10.0 Å². The van der Waals surface area contributed by atoms with Gasteiger partial charge in [-0.15, -0.1) is 0 Å². The molecule has 1 N–H and O–H groups in total. The van der Waals surface area contributed by atoms with E-state index in [1.165, 1.54) is 20.2 Å². The topological polar surface area (TPSA) is 79.0 Å². The zero-order valence-corrected chi connectivity index (χ0v) is 18.4. The molecular formula is C21H29N3O4S. The van der Waals surface area contributed by atoms with Gasteiger partial charge in [-0.3, -0.25) is 9.69 Å². The molecule has 0 aliphatic rings. The number of anilines is 1. The lowest BCUT2D eigenvalue weighted by Crippen LogP contribution is -2.30. The second kappa shape index (κ2) is 9.87. The largest absolute Gasteiger partial charge is 0.494 e. The summed E-state index contributed by atoms with van der Waals surface area (Å²) < 4.78 is 31.5. The molecule has 0 heterocycles. The van der Waals surface area contributed by atoms with Gasteiger partial charge in [0, 0.05) is 26.3 Å². The molecule has 0 aliphatic heterocycles. The van der Waals surface area contributed by atoms with E-state index in [1.54, 1.807) is 19.1 Å². The Labute approximate surface area is 173 Å². The minimum atomic E-state index is -3.58. The SMILES string of the molecule is CCOc1ccc(CN(C)CC(=O)Nc2ccc(C)c(S(=O)(=O)N(C)C)c2)cc1. The van der Waals surface area contributed by atoms with Crippen LogP contribution in [0, 0.1) is 6.92 Å². The lowest BCUT2D eigenvalue weighted by atomic mass is 10.2. The maximum Gasteiger partial charge on any atom is 0.242 e. The highest BCUT2D eigenvalue weighted by Crippen LogP contribution is 2.22. The van der Waals surface area contributed by atoms with Crippen molar-refractivity contribution in [1.29, 1.82) is 0 Å². The van der Waals surface area contributed by atoms with Crippen molar-refractivity contribution in [2.45, 2.75) is 25.3 Å². The summed E-state index contributed by atoms with van der Waals surface area (Å²) in [6.07, 6.45) is 0. The lowest BCUT2D eigenvalue weighted by molar-refractivity contribution is -0.117. The fraction of sp³-hybridized carbons (Fsp3) is 0.381. The minimum absolute atomic E-state index is 0.177. The number of nitrogens with one attached hydrogen (secondary N) is 1. The first-order valence-electron chi connectivity index (χ1n) is 9.36. The van der Waals surface area contributed by atoms with Crippen LogP contribution in [0.2, 0.25) is 0 Å². The van der Waals surface area contributed by atoms with Crippen molar-refractivity contribution >= 4 is 21.6 Å². The summed E-state index contributed by atoms with van der Waals surface area (Å²) in [6, 6.07) is 12.6. The second-order valence-corrected chi connectivity index (χ2v) is 9.19. The van der Waals surface area contributed by atoms with Crippen LogP contribution in [0.15, 0.2) is 47.4 Å². The molecule has 2 rings (SSSR count). The number of hydrogen-bond donors (Lipinski definition) is 1. The number of rotatable bonds is 9. The Morgan fingerprint density at radius 1 is 1.07 bits per heavy atom. The first-order valence-corrected chi connectivity index (χ1v) is 10.8. The van der Waals surface area contributed by atoms with Crippen LogP contribution in [0.25, 0.3) is 0 Å². The normalized spacial score (nSPS) is 11.7. The van der Waals surface area contributed by atoms with E-state index in [0.29, 0.717) is 24.4 Å². The quantitative estimate of drug-likeness (QED) is 0.676. The van der Waals surface area contributed by atoms with E-state index in [9.17, 15) is 13.2 Å². The molecule has 0 spiro atoms. The highest BCUT2D eigenvalue weighted by atomic mass is 32.2. The number of nitrogens with zero attached hydrogens (tertiary/aromatic N) is 2. The molecule has 2 aromatic rings. The number of carbonyl (C=O) groups is 1. The van der Waals surface area contributed by atoms with Crippen LogP contribution < -0.4 is 10.1 Å². The first kappa shape index (κ1) is 22.9. The molecule has 8 heteroatoms. The van der Waals surface area contributed by atoms with Crippen molar-refractivity contribution in [1.82, 2.24) is 9.21 Å². The summed E-state index contributed by atoms with van der Waals surface area (Å²) in [5.74, 6) is 0.606. The fourth-order valence-corrected chi connectivity index (χ4v) is 3.97. The maximum absolute atomic E-state index is 12.4. The summed E-state index contributed by atoms with van der Waals surface area (Å²) in [5, 5.41) is 2.78. The second-order valence-electron chi connectivity index (χ2n) is 7.07. The molecule has 0 atom stereocenters. The van der Waals surface area contributed by atoms with Gasteiger partial charge in [0.15, 0.2) is 0 Å². The number of hydrogen-bond acceptors (Lipinski definition) is 5. The molecular weight excluding hydrogens is 390 g/mol. The van der Waals surface area contributed by atoms with Gasteiger partial charge in [0.1, 0.15) is 5.75 Å². The number of ether oxygens (including phenoxy) is 1. The van der Waals surface area contributed by atoms with Crippen LogP contribution in [0.5, 0.6) is 5.75 Å².